The van der Waals surface area contributed by atoms with Crippen molar-refractivity contribution < 1.29 is 4.74 Å². The van der Waals surface area contributed by atoms with Crippen molar-refractivity contribution in [1.29, 1.82) is 0 Å². The highest BCUT2D eigenvalue weighted by Gasteiger charge is 2.24. The monoisotopic (exact) mass is 200 g/mol. The van der Waals surface area contributed by atoms with Crippen molar-refractivity contribution in [3.8, 4) is 0 Å². The Balaban J connectivity index is 2.11. The van der Waals surface area contributed by atoms with Gasteiger partial charge in [-0.25, -0.2) is 0 Å². The lowest BCUT2D eigenvalue weighted by Gasteiger charge is -2.28. The van der Waals surface area contributed by atoms with Crippen molar-refractivity contribution in [3.05, 3.63) is 0 Å². The highest BCUT2D eigenvalue weighted by atomic mass is 16.5. The topological polar surface area (TPSA) is 24.5 Å². The predicted molar refractivity (Wildman–Crippen MR) is 59.6 cm³/mol. The maximum atomic E-state index is 4.99. The number of nitrogens with one attached hydrogen (secondary N) is 1. The molecule has 84 valence electrons. The standard InChI is InChI=1S/C11H24N2O/c1-10-5-4-7-13(10)11(2)9-12-6-8-14-3/h10-12H,4-9H2,1-3H3. The average molecular weight is 200 g/mol. The van der Waals surface area contributed by atoms with Crippen LogP contribution < -0.4 is 5.32 Å². The fourth-order valence-electron chi connectivity index (χ4n) is 2.21. The third-order valence-electron chi connectivity index (χ3n) is 3.09. The molecular formula is C11H24N2O. The van der Waals surface area contributed by atoms with Gasteiger partial charge in [0, 0.05) is 32.3 Å². The van der Waals surface area contributed by atoms with Crippen LogP contribution in [0.3, 0.4) is 0 Å². The molecule has 0 amide bonds. The highest BCUT2D eigenvalue weighted by Crippen LogP contribution is 2.18. The molecule has 0 aromatic heterocycles. The largest absolute Gasteiger partial charge is 0.383 e. The highest BCUT2D eigenvalue weighted by molar-refractivity contribution is 4.80. The van der Waals surface area contributed by atoms with Crippen molar-refractivity contribution in [1.82, 2.24) is 10.2 Å². The Morgan fingerprint density at radius 3 is 2.93 bits per heavy atom. The quantitative estimate of drug-likeness (QED) is 0.650. The lowest BCUT2D eigenvalue weighted by molar-refractivity contribution is 0.179. The van der Waals surface area contributed by atoms with Crippen LogP contribution in [0.1, 0.15) is 26.7 Å². The van der Waals surface area contributed by atoms with E-state index in [0.29, 0.717) is 6.04 Å². The summed E-state index contributed by atoms with van der Waals surface area (Å²) in [6.45, 7) is 8.76. The van der Waals surface area contributed by atoms with E-state index in [9.17, 15) is 0 Å². The van der Waals surface area contributed by atoms with E-state index < -0.39 is 0 Å². The van der Waals surface area contributed by atoms with Gasteiger partial charge in [-0.05, 0) is 33.2 Å². The molecule has 1 aliphatic rings. The molecule has 1 heterocycles. The predicted octanol–water partition coefficient (Wildman–Crippen LogP) is 1.10. The normalized spacial score (nSPS) is 25.5. The zero-order valence-corrected chi connectivity index (χ0v) is 9.75. The molecule has 2 unspecified atom stereocenters. The minimum absolute atomic E-state index is 0.657. The molecule has 1 fully saturated rings. The molecule has 1 N–H and O–H groups in total. The van der Waals surface area contributed by atoms with E-state index in [1.165, 1.54) is 19.4 Å². The molecule has 0 saturated carbocycles. The van der Waals surface area contributed by atoms with E-state index in [1.807, 2.05) is 0 Å². The third-order valence-corrected chi connectivity index (χ3v) is 3.09. The minimum atomic E-state index is 0.657. The Bertz CT molecular complexity index is 152. The Morgan fingerprint density at radius 2 is 2.36 bits per heavy atom. The average Bonchev–Trinajstić information content (AvgIpc) is 2.59. The zero-order valence-electron chi connectivity index (χ0n) is 9.75. The Labute approximate surface area is 87.8 Å². The molecule has 0 aliphatic carbocycles. The summed E-state index contributed by atoms with van der Waals surface area (Å²) in [5, 5.41) is 3.42. The van der Waals surface area contributed by atoms with Gasteiger partial charge >= 0.3 is 0 Å². The van der Waals surface area contributed by atoms with Gasteiger partial charge in [0.05, 0.1) is 6.61 Å². The van der Waals surface area contributed by atoms with Gasteiger partial charge in [-0.15, -0.1) is 0 Å². The molecule has 1 aliphatic heterocycles. The van der Waals surface area contributed by atoms with Crippen LogP contribution in [-0.4, -0.2) is 50.3 Å². The number of ether oxygens (including phenoxy) is 1. The van der Waals surface area contributed by atoms with Gasteiger partial charge in [0.1, 0.15) is 0 Å². The second-order valence-corrected chi connectivity index (χ2v) is 4.28. The molecule has 0 radical (unpaired) electrons. The maximum absolute atomic E-state index is 4.99. The Hall–Kier alpha value is -0.120. The minimum Gasteiger partial charge on any atom is -0.383 e. The molecule has 3 heteroatoms. The van der Waals surface area contributed by atoms with E-state index in [0.717, 1.165) is 25.7 Å². The zero-order chi connectivity index (χ0) is 10.4. The SMILES string of the molecule is COCCNCC(C)N1CCCC1C. The molecule has 0 bridgehead atoms. The van der Waals surface area contributed by atoms with Gasteiger partial charge in [-0.2, -0.15) is 0 Å². The Morgan fingerprint density at radius 1 is 1.57 bits per heavy atom. The van der Waals surface area contributed by atoms with Gasteiger partial charge in [0.15, 0.2) is 0 Å². The van der Waals surface area contributed by atoms with Crippen LogP contribution in [0, 0.1) is 0 Å². The number of methoxy groups -OCH3 is 1. The maximum Gasteiger partial charge on any atom is 0.0587 e. The van der Waals surface area contributed by atoms with Gasteiger partial charge in [-0.1, -0.05) is 0 Å². The third kappa shape index (κ3) is 3.56. The van der Waals surface area contributed by atoms with Crippen molar-refractivity contribution in [2.75, 3.05) is 33.4 Å². The molecule has 2 atom stereocenters. The summed E-state index contributed by atoms with van der Waals surface area (Å²) in [6, 6.07) is 1.43. The van der Waals surface area contributed by atoms with E-state index >= 15 is 0 Å². The Kier molecular flexibility index (Phi) is 5.45. The van der Waals surface area contributed by atoms with Gasteiger partial charge in [-0.3, -0.25) is 4.90 Å². The van der Waals surface area contributed by atoms with E-state index in [-0.39, 0.29) is 0 Å². The summed E-state index contributed by atoms with van der Waals surface area (Å²) in [7, 11) is 1.74. The van der Waals surface area contributed by atoms with E-state index in [2.05, 4.69) is 24.1 Å². The second-order valence-electron chi connectivity index (χ2n) is 4.28. The van der Waals surface area contributed by atoms with Crippen LogP contribution in [-0.2, 0) is 4.74 Å². The molecule has 1 saturated heterocycles. The number of likely N-dealkylation sites (tertiary alicyclic amines) is 1. The second kappa shape index (κ2) is 6.38. The summed E-state index contributed by atoms with van der Waals surface area (Å²) < 4.78 is 4.99. The van der Waals surface area contributed by atoms with Crippen molar-refractivity contribution in [3.63, 3.8) is 0 Å². The first-order chi connectivity index (χ1) is 6.75. The van der Waals surface area contributed by atoms with Crippen molar-refractivity contribution in [2.45, 2.75) is 38.8 Å². The van der Waals surface area contributed by atoms with Crippen LogP contribution in [0.5, 0.6) is 0 Å². The van der Waals surface area contributed by atoms with Crippen LogP contribution in [0.25, 0.3) is 0 Å². The molecule has 0 spiro atoms. The summed E-state index contributed by atoms with van der Waals surface area (Å²) in [5.74, 6) is 0. The van der Waals surface area contributed by atoms with E-state index in [1.54, 1.807) is 7.11 Å². The first-order valence-electron chi connectivity index (χ1n) is 5.71. The summed E-state index contributed by atoms with van der Waals surface area (Å²) in [5.41, 5.74) is 0. The molecular weight excluding hydrogens is 176 g/mol. The number of hydrogen-bond acceptors (Lipinski definition) is 3. The fraction of sp³-hybridized carbons (Fsp3) is 1.00. The molecule has 1 rings (SSSR count). The molecule has 14 heavy (non-hydrogen) atoms. The lowest BCUT2D eigenvalue weighted by Crippen LogP contribution is -2.42. The first-order valence-corrected chi connectivity index (χ1v) is 5.71. The lowest BCUT2D eigenvalue weighted by atomic mass is 10.2. The number of hydrogen-bond donors (Lipinski definition) is 1. The fourth-order valence-corrected chi connectivity index (χ4v) is 2.21. The smallest absolute Gasteiger partial charge is 0.0587 e. The number of rotatable bonds is 6. The van der Waals surface area contributed by atoms with E-state index in [4.69, 9.17) is 4.74 Å². The van der Waals surface area contributed by atoms with Gasteiger partial charge in [0.2, 0.25) is 0 Å². The first kappa shape index (κ1) is 12.0. The van der Waals surface area contributed by atoms with Gasteiger partial charge in [0.25, 0.3) is 0 Å². The number of nitrogens with zero attached hydrogens (tertiary/aromatic N) is 1. The van der Waals surface area contributed by atoms with Crippen LogP contribution in [0.15, 0.2) is 0 Å². The van der Waals surface area contributed by atoms with Crippen LogP contribution in [0.2, 0.25) is 0 Å². The summed E-state index contributed by atoms with van der Waals surface area (Å²) in [6.07, 6.45) is 2.73. The van der Waals surface area contributed by atoms with Gasteiger partial charge < -0.3 is 10.1 Å². The molecule has 3 nitrogen and oxygen atoms in total. The molecule has 0 aromatic rings. The summed E-state index contributed by atoms with van der Waals surface area (Å²) >= 11 is 0. The van der Waals surface area contributed by atoms with Crippen LogP contribution >= 0.6 is 0 Å². The molecule has 0 aromatic carbocycles. The van der Waals surface area contributed by atoms with Crippen molar-refractivity contribution in [2.24, 2.45) is 0 Å². The summed E-state index contributed by atoms with van der Waals surface area (Å²) in [4.78, 5) is 2.60. The van der Waals surface area contributed by atoms with Crippen LogP contribution in [0.4, 0.5) is 0 Å². The van der Waals surface area contributed by atoms with Crippen molar-refractivity contribution >= 4 is 0 Å².